The van der Waals surface area contributed by atoms with E-state index in [-0.39, 0.29) is 18.2 Å². The van der Waals surface area contributed by atoms with Crippen molar-refractivity contribution in [2.24, 2.45) is 0 Å². The van der Waals surface area contributed by atoms with Crippen molar-refractivity contribution in [1.29, 1.82) is 0 Å². The molecule has 1 aromatic carbocycles. The summed E-state index contributed by atoms with van der Waals surface area (Å²) in [6.07, 6.45) is -4.22. The summed E-state index contributed by atoms with van der Waals surface area (Å²) in [7, 11) is 1.45. The summed E-state index contributed by atoms with van der Waals surface area (Å²) < 4.78 is 58.7. The summed E-state index contributed by atoms with van der Waals surface area (Å²) >= 11 is 0. The second-order valence-corrected chi connectivity index (χ2v) is 7.12. The molecule has 3 heterocycles. The Balaban J connectivity index is 1.90. The highest BCUT2D eigenvalue weighted by Crippen LogP contribution is 2.38. The number of carbonyl (C=O) groups is 1. The number of benzene rings is 1. The van der Waals surface area contributed by atoms with Gasteiger partial charge in [0.1, 0.15) is 12.5 Å². The number of aryl methyl sites for hydroxylation is 2. The lowest BCUT2D eigenvalue weighted by atomic mass is 10.1. The van der Waals surface area contributed by atoms with Crippen LogP contribution in [0.15, 0.2) is 36.5 Å². The van der Waals surface area contributed by atoms with Crippen molar-refractivity contribution < 1.29 is 27.1 Å². The van der Waals surface area contributed by atoms with E-state index in [0.717, 1.165) is 0 Å². The lowest BCUT2D eigenvalue weighted by Gasteiger charge is -2.37. The third kappa shape index (κ3) is 3.70. The maximum absolute atomic E-state index is 13.7. The molecule has 0 bridgehead atoms. The Morgan fingerprint density at radius 2 is 1.75 bits per heavy atom. The van der Waals surface area contributed by atoms with Crippen LogP contribution in [-0.4, -0.2) is 34.6 Å². The number of methoxy groups -OCH3 is 1. The van der Waals surface area contributed by atoms with Gasteiger partial charge in [0.2, 0.25) is 5.88 Å². The Labute approximate surface area is 180 Å². The van der Waals surface area contributed by atoms with Gasteiger partial charge in [0.15, 0.2) is 17.2 Å². The highest BCUT2D eigenvalue weighted by molar-refractivity contribution is 6.10. The molecule has 0 saturated heterocycles. The van der Waals surface area contributed by atoms with Gasteiger partial charge in [-0.3, -0.25) is 9.69 Å². The van der Waals surface area contributed by atoms with Crippen molar-refractivity contribution in [3.05, 3.63) is 65.0 Å². The number of alkyl halides is 3. The molecular weight excluding hydrogens is 430 g/mol. The zero-order chi connectivity index (χ0) is 23.2. The summed E-state index contributed by atoms with van der Waals surface area (Å²) in [6.45, 7) is 3.11. The van der Waals surface area contributed by atoms with E-state index in [9.17, 15) is 22.4 Å². The van der Waals surface area contributed by atoms with E-state index in [1.54, 1.807) is 26.0 Å². The lowest BCUT2D eigenvalue weighted by Crippen LogP contribution is -2.46. The summed E-state index contributed by atoms with van der Waals surface area (Å²) in [4.78, 5) is 27.7. The molecule has 7 nitrogen and oxygen atoms in total. The molecule has 1 aliphatic rings. The molecule has 3 aromatic rings. The molecule has 0 atom stereocenters. The molecule has 1 amide bonds. The van der Waals surface area contributed by atoms with E-state index >= 15 is 0 Å². The first-order valence-electron chi connectivity index (χ1n) is 9.41. The zero-order valence-corrected chi connectivity index (χ0v) is 17.2. The van der Waals surface area contributed by atoms with Crippen LogP contribution in [-0.2, 0) is 6.18 Å². The average Bonchev–Trinajstić information content (AvgIpc) is 2.74. The van der Waals surface area contributed by atoms with E-state index < -0.39 is 23.6 Å². The highest BCUT2D eigenvalue weighted by Gasteiger charge is 2.39. The molecule has 0 N–H and O–H groups in total. The van der Waals surface area contributed by atoms with Crippen LogP contribution in [0.1, 0.15) is 27.4 Å². The number of nitrogens with zero attached hydrogens (tertiary/aromatic N) is 5. The summed E-state index contributed by atoms with van der Waals surface area (Å²) in [6, 6.07) is 7.04. The van der Waals surface area contributed by atoms with Crippen molar-refractivity contribution >= 4 is 23.1 Å². The lowest BCUT2D eigenvalue weighted by molar-refractivity contribution is -0.141. The van der Waals surface area contributed by atoms with E-state index in [1.807, 2.05) is 0 Å². The van der Waals surface area contributed by atoms with Gasteiger partial charge in [-0.15, -0.1) is 0 Å². The Kier molecular flexibility index (Phi) is 5.19. The quantitative estimate of drug-likeness (QED) is 0.554. The first-order valence-corrected chi connectivity index (χ1v) is 9.41. The molecule has 0 radical (unpaired) electrons. The first-order chi connectivity index (χ1) is 15.1. The van der Waals surface area contributed by atoms with Crippen molar-refractivity contribution in [2.45, 2.75) is 20.0 Å². The predicted octanol–water partition coefficient (Wildman–Crippen LogP) is 4.41. The minimum absolute atomic E-state index is 0.177. The highest BCUT2D eigenvalue weighted by atomic mass is 19.4. The van der Waals surface area contributed by atoms with Gasteiger partial charge in [0.25, 0.3) is 5.91 Å². The van der Waals surface area contributed by atoms with Crippen molar-refractivity contribution in [3.63, 3.8) is 0 Å². The summed E-state index contributed by atoms with van der Waals surface area (Å²) in [5, 5.41) is 0. The standard InChI is InChI=1S/C21H17F4N5O2/c1-11-8-13(22)4-5-14(11)29-10-30(15-6-7-17(32-3)27-12(15)2)20(31)18-19(29)28-16(9-26-18)21(23,24)25/h4-9H,10H2,1-3H3. The number of hydrogen-bond acceptors (Lipinski definition) is 6. The van der Waals surface area contributed by atoms with E-state index in [1.165, 1.54) is 35.1 Å². The van der Waals surface area contributed by atoms with Crippen molar-refractivity contribution in [3.8, 4) is 5.88 Å². The van der Waals surface area contributed by atoms with Crippen LogP contribution < -0.4 is 14.5 Å². The van der Waals surface area contributed by atoms with Gasteiger partial charge < -0.3 is 9.64 Å². The van der Waals surface area contributed by atoms with Gasteiger partial charge in [0, 0.05) is 11.8 Å². The first kappa shape index (κ1) is 21.5. The maximum atomic E-state index is 13.7. The van der Waals surface area contributed by atoms with Crippen LogP contribution in [0.5, 0.6) is 5.88 Å². The van der Waals surface area contributed by atoms with Crippen LogP contribution in [0.3, 0.4) is 0 Å². The van der Waals surface area contributed by atoms with Gasteiger partial charge in [0.05, 0.1) is 24.7 Å². The number of rotatable bonds is 3. The Bertz CT molecular complexity index is 1220. The summed E-state index contributed by atoms with van der Waals surface area (Å²) in [5.41, 5.74) is 0.240. The molecule has 11 heteroatoms. The molecule has 1 aliphatic heterocycles. The van der Waals surface area contributed by atoms with Gasteiger partial charge in [-0.05, 0) is 43.7 Å². The van der Waals surface area contributed by atoms with Crippen LogP contribution in [0.25, 0.3) is 0 Å². The molecule has 32 heavy (non-hydrogen) atoms. The largest absolute Gasteiger partial charge is 0.481 e. The molecule has 4 rings (SSSR count). The third-order valence-corrected chi connectivity index (χ3v) is 5.01. The number of carbonyl (C=O) groups excluding carboxylic acids is 1. The van der Waals surface area contributed by atoms with Gasteiger partial charge in [-0.2, -0.15) is 13.2 Å². The fourth-order valence-corrected chi connectivity index (χ4v) is 3.48. The maximum Gasteiger partial charge on any atom is 0.434 e. The molecular formula is C21H17F4N5O2. The monoisotopic (exact) mass is 447 g/mol. The number of amides is 1. The molecule has 0 aliphatic carbocycles. The zero-order valence-electron chi connectivity index (χ0n) is 17.2. The van der Waals surface area contributed by atoms with Crippen LogP contribution >= 0.6 is 0 Å². The van der Waals surface area contributed by atoms with E-state index in [4.69, 9.17) is 4.74 Å². The molecule has 0 saturated carbocycles. The number of fused-ring (bicyclic) bond motifs is 1. The molecule has 0 unspecified atom stereocenters. The van der Waals surface area contributed by atoms with Crippen LogP contribution in [0.2, 0.25) is 0 Å². The Morgan fingerprint density at radius 1 is 1.03 bits per heavy atom. The topological polar surface area (TPSA) is 71.5 Å². The summed E-state index contributed by atoms with van der Waals surface area (Å²) in [5.74, 6) is -1.04. The third-order valence-electron chi connectivity index (χ3n) is 5.01. The fraction of sp³-hybridized carbons (Fsp3) is 0.238. The van der Waals surface area contributed by atoms with Crippen LogP contribution in [0.4, 0.5) is 34.8 Å². The Hall–Kier alpha value is -3.76. The number of anilines is 3. The number of aromatic nitrogens is 3. The molecule has 2 aromatic heterocycles. The van der Waals surface area contributed by atoms with E-state index in [2.05, 4.69) is 15.0 Å². The smallest absolute Gasteiger partial charge is 0.434 e. The number of hydrogen-bond donors (Lipinski definition) is 0. The number of ether oxygens (including phenoxy) is 1. The van der Waals surface area contributed by atoms with Crippen molar-refractivity contribution in [1.82, 2.24) is 15.0 Å². The van der Waals surface area contributed by atoms with Gasteiger partial charge >= 0.3 is 6.18 Å². The normalized spacial score (nSPS) is 13.9. The predicted molar refractivity (Wildman–Crippen MR) is 108 cm³/mol. The molecule has 0 spiro atoms. The average molecular weight is 447 g/mol. The molecule has 166 valence electrons. The minimum Gasteiger partial charge on any atom is -0.481 e. The Morgan fingerprint density at radius 3 is 2.38 bits per heavy atom. The van der Waals surface area contributed by atoms with Gasteiger partial charge in [-0.1, -0.05) is 0 Å². The van der Waals surface area contributed by atoms with Crippen LogP contribution in [0, 0.1) is 19.7 Å². The van der Waals surface area contributed by atoms with Crippen molar-refractivity contribution in [2.75, 3.05) is 23.6 Å². The second-order valence-electron chi connectivity index (χ2n) is 7.12. The number of pyridine rings is 1. The van der Waals surface area contributed by atoms with Gasteiger partial charge in [-0.25, -0.2) is 19.3 Å². The van der Waals surface area contributed by atoms with E-state index in [0.29, 0.717) is 34.7 Å². The SMILES string of the molecule is COc1ccc(N2CN(c3ccc(F)cc3C)c3nc(C(F)(F)F)cnc3C2=O)c(C)n1. The number of halogens is 4. The minimum atomic E-state index is -4.75. The second kappa shape index (κ2) is 7.74. The molecule has 0 fully saturated rings. The fourth-order valence-electron chi connectivity index (χ4n) is 3.48.